The van der Waals surface area contributed by atoms with E-state index >= 15 is 0 Å². The van der Waals surface area contributed by atoms with Gasteiger partial charge in [0.25, 0.3) is 0 Å². The molecule has 94 valence electrons. The lowest BCUT2D eigenvalue weighted by Crippen LogP contribution is -2.43. The monoisotopic (exact) mass is 233 g/mol. The average molecular weight is 233 g/mol. The van der Waals surface area contributed by atoms with Crippen LogP contribution in [0.25, 0.3) is 0 Å². The number of hydrogen-bond acceptors (Lipinski definition) is 2. The predicted octanol–water partition coefficient (Wildman–Crippen LogP) is 3.43. The third kappa shape index (κ3) is 2.19. The summed E-state index contributed by atoms with van der Waals surface area (Å²) in [5.41, 5.74) is 9.98. The molecule has 2 rings (SSSR count). The van der Waals surface area contributed by atoms with Crippen LogP contribution in [0.2, 0.25) is 0 Å². The normalized spacial score (nSPS) is 18.0. The molecule has 0 atom stereocenters. The van der Waals surface area contributed by atoms with Crippen LogP contribution >= 0.6 is 0 Å². The molecule has 1 aromatic carbocycles. The van der Waals surface area contributed by atoms with Gasteiger partial charge in [0, 0.05) is 11.1 Å². The fourth-order valence-corrected chi connectivity index (χ4v) is 2.40. The largest absolute Gasteiger partial charge is 0.490 e. The summed E-state index contributed by atoms with van der Waals surface area (Å²) >= 11 is 0. The fourth-order valence-electron chi connectivity index (χ4n) is 2.40. The number of rotatable bonds is 3. The first-order chi connectivity index (χ1) is 7.94. The molecule has 0 saturated heterocycles. The van der Waals surface area contributed by atoms with Gasteiger partial charge in [0.05, 0.1) is 6.10 Å². The summed E-state index contributed by atoms with van der Waals surface area (Å²) in [4.78, 5) is 0. The molecule has 2 nitrogen and oxygen atoms in total. The fraction of sp³-hybridized carbons (Fsp3) is 0.600. The molecule has 2 N–H and O–H groups in total. The van der Waals surface area contributed by atoms with E-state index in [2.05, 4.69) is 39.8 Å². The van der Waals surface area contributed by atoms with Crippen LogP contribution < -0.4 is 10.5 Å². The van der Waals surface area contributed by atoms with Crippen molar-refractivity contribution < 1.29 is 4.74 Å². The maximum atomic E-state index is 6.44. The van der Waals surface area contributed by atoms with E-state index in [-0.39, 0.29) is 11.6 Å². The Morgan fingerprint density at radius 3 is 2.35 bits per heavy atom. The highest BCUT2D eigenvalue weighted by Crippen LogP contribution is 2.44. The molecule has 0 unspecified atom stereocenters. The van der Waals surface area contributed by atoms with Crippen molar-refractivity contribution in [2.45, 2.75) is 58.6 Å². The van der Waals surface area contributed by atoms with Crippen LogP contribution in [0.3, 0.4) is 0 Å². The minimum absolute atomic E-state index is 0.150. The van der Waals surface area contributed by atoms with Crippen LogP contribution in [-0.2, 0) is 5.54 Å². The Hall–Kier alpha value is -1.02. The zero-order valence-electron chi connectivity index (χ0n) is 11.3. The number of hydrogen-bond donors (Lipinski definition) is 1. The molecule has 0 aromatic heterocycles. The molecule has 1 aliphatic carbocycles. The summed E-state index contributed by atoms with van der Waals surface area (Å²) in [7, 11) is 0. The molecule has 2 heteroatoms. The Kier molecular flexibility index (Phi) is 3.17. The van der Waals surface area contributed by atoms with Crippen LogP contribution in [-0.4, -0.2) is 6.10 Å². The van der Waals surface area contributed by atoms with Crippen molar-refractivity contribution in [1.29, 1.82) is 0 Å². The van der Waals surface area contributed by atoms with Crippen molar-refractivity contribution in [3.05, 3.63) is 28.8 Å². The molecule has 0 radical (unpaired) electrons. The first-order valence-corrected chi connectivity index (χ1v) is 6.50. The first kappa shape index (κ1) is 12.4. The van der Waals surface area contributed by atoms with Gasteiger partial charge in [0.2, 0.25) is 0 Å². The third-order valence-electron chi connectivity index (χ3n) is 3.81. The number of nitrogens with two attached hydrogens (primary N) is 1. The van der Waals surface area contributed by atoms with Gasteiger partial charge < -0.3 is 10.5 Å². The van der Waals surface area contributed by atoms with Gasteiger partial charge in [-0.3, -0.25) is 0 Å². The van der Waals surface area contributed by atoms with E-state index in [0.29, 0.717) is 0 Å². The lowest BCUT2D eigenvalue weighted by Gasteiger charge is -2.40. The summed E-state index contributed by atoms with van der Waals surface area (Å²) in [6.07, 6.45) is 3.57. The summed E-state index contributed by atoms with van der Waals surface area (Å²) < 4.78 is 6.00. The Morgan fingerprint density at radius 1 is 1.24 bits per heavy atom. The summed E-state index contributed by atoms with van der Waals surface area (Å²) in [6.45, 7) is 8.37. The predicted molar refractivity (Wildman–Crippen MR) is 71.4 cm³/mol. The first-order valence-electron chi connectivity index (χ1n) is 6.50. The highest BCUT2D eigenvalue weighted by atomic mass is 16.5. The molecule has 1 aromatic rings. The van der Waals surface area contributed by atoms with E-state index in [0.717, 1.165) is 18.6 Å². The maximum Gasteiger partial charge on any atom is 0.127 e. The number of benzene rings is 1. The Balaban J connectivity index is 2.47. The molecule has 0 amide bonds. The lowest BCUT2D eigenvalue weighted by molar-refractivity contribution is 0.208. The van der Waals surface area contributed by atoms with E-state index in [1.165, 1.54) is 23.1 Å². The summed E-state index contributed by atoms with van der Waals surface area (Å²) in [5, 5.41) is 0. The van der Waals surface area contributed by atoms with Crippen molar-refractivity contribution in [3.63, 3.8) is 0 Å². The molecule has 0 aliphatic heterocycles. The molecule has 1 aliphatic rings. The van der Waals surface area contributed by atoms with Crippen molar-refractivity contribution in [1.82, 2.24) is 0 Å². The van der Waals surface area contributed by atoms with Crippen molar-refractivity contribution >= 4 is 0 Å². The van der Waals surface area contributed by atoms with Gasteiger partial charge in [-0.05, 0) is 58.1 Å². The van der Waals surface area contributed by atoms with Gasteiger partial charge in [-0.1, -0.05) is 12.1 Å². The highest BCUT2D eigenvalue weighted by molar-refractivity contribution is 5.49. The van der Waals surface area contributed by atoms with Gasteiger partial charge in [-0.2, -0.15) is 0 Å². The van der Waals surface area contributed by atoms with Crippen LogP contribution in [0.1, 0.15) is 49.8 Å². The third-order valence-corrected chi connectivity index (χ3v) is 3.81. The van der Waals surface area contributed by atoms with Crippen molar-refractivity contribution in [3.8, 4) is 5.75 Å². The topological polar surface area (TPSA) is 35.2 Å². The highest BCUT2D eigenvalue weighted by Gasteiger charge is 2.37. The molecule has 1 fully saturated rings. The Morgan fingerprint density at radius 2 is 1.88 bits per heavy atom. The van der Waals surface area contributed by atoms with Crippen LogP contribution in [0.5, 0.6) is 5.75 Å². The standard InChI is InChI=1S/C15H23NO/c1-10(2)17-14-12(4)11(3)6-7-13(14)15(16)8-5-9-15/h6-7,10H,5,8-9,16H2,1-4H3. The molecule has 17 heavy (non-hydrogen) atoms. The summed E-state index contributed by atoms with van der Waals surface area (Å²) in [6, 6.07) is 4.31. The zero-order chi connectivity index (χ0) is 12.6. The second kappa shape index (κ2) is 4.34. The molecular weight excluding hydrogens is 210 g/mol. The second-order valence-corrected chi connectivity index (χ2v) is 5.56. The van der Waals surface area contributed by atoms with E-state index in [9.17, 15) is 0 Å². The number of aryl methyl sites for hydroxylation is 1. The Labute approximate surface area is 104 Å². The SMILES string of the molecule is Cc1ccc(C2(N)CCC2)c(OC(C)C)c1C. The van der Waals surface area contributed by atoms with Gasteiger partial charge >= 0.3 is 0 Å². The van der Waals surface area contributed by atoms with Gasteiger partial charge in [0.15, 0.2) is 0 Å². The zero-order valence-corrected chi connectivity index (χ0v) is 11.3. The quantitative estimate of drug-likeness (QED) is 0.868. The molecule has 0 spiro atoms. The minimum atomic E-state index is -0.150. The van der Waals surface area contributed by atoms with E-state index in [1.807, 2.05) is 0 Å². The van der Waals surface area contributed by atoms with Gasteiger partial charge in [0.1, 0.15) is 5.75 Å². The van der Waals surface area contributed by atoms with Crippen LogP contribution in [0, 0.1) is 13.8 Å². The minimum Gasteiger partial charge on any atom is -0.490 e. The van der Waals surface area contributed by atoms with E-state index < -0.39 is 0 Å². The average Bonchev–Trinajstić information content (AvgIpc) is 2.21. The smallest absolute Gasteiger partial charge is 0.127 e. The Bertz CT molecular complexity index is 419. The van der Waals surface area contributed by atoms with E-state index in [4.69, 9.17) is 10.5 Å². The molecule has 0 bridgehead atoms. The van der Waals surface area contributed by atoms with Crippen LogP contribution in [0.4, 0.5) is 0 Å². The molecule has 1 saturated carbocycles. The molecule has 0 heterocycles. The van der Waals surface area contributed by atoms with Gasteiger partial charge in [-0.15, -0.1) is 0 Å². The molecular formula is C15H23NO. The second-order valence-electron chi connectivity index (χ2n) is 5.56. The van der Waals surface area contributed by atoms with Crippen molar-refractivity contribution in [2.24, 2.45) is 5.73 Å². The van der Waals surface area contributed by atoms with Crippen LogP contribution in [0.15, 0.2) is 12.1 Å². The van der Waals surface area contributed by atoms with Crippen molar-refractivity contribution in [2.75, 3.05) is 0 Å². The lowest BCUT2D eigenvalue weighted by atomic mass is 9.72. The van der Waals surface area contributed by atoms with E-state index in [1.54, 1.807) is 0 Å². The number of ether oxygens (including phenoxy) is 1. The maximum absolute atomic E-state index is 6.44. The summed E-state index contributed by atoms with van der Waals surface area (Å²) in [5.74, 6) is 1.02. The van der Waals surface area contributed by atoms with Gasteiger partial charge in [-0.25, -0.2) is 0 Å².